The number of thiazole rings is 1. The standard InChI is InChI=1S/C23H19N3O3S/c1-28-18-13-11-17(15-19(18)29-2)12-14-21-24-23-26(25-21)22(27)20(30-23)10-6-9-16-7-4-3-5-8-16/h3-15H,1-2H3/b9-6+,14-12+,20-10-. The van der Waals surface area contributed by atoms with Gasteiger partial charge in [-0.2, -0.15) is 9.50 Å². The Balaban J connectivity index is 1.56. The average Bonchev–Trinajstić information content (AvgIpc) is 3.31. The van der Waals surface area contributed by atoms with Crippen molar-refractivity contribution in [3.63, 3.8) is 0 Å². The smallest absolute Gasteiger partial charge is 0.291 e. The number of nitrogens with zero attached hydrogens (tertiary/aromatic N) is 3. The van der Waals surface area contributed by atoms with Gasteiger partial charge in [0.15, 0.2) is 17.3 Å². The van der Waals surface area contributed by atoms with Crippen LogP contribution in [0, 0.1) is 0 Å². The van der Waals surface area contributed by atoms with E-state index in [1.165, 1.54) is 15.9 Å². The van der Waals surface area contributed by atoms with Gasteiger partial charge in [-0.25, -0.2) is 0 Å². The van der Waals surface area contributed by atoms with Crippen molar-refractivity contribution in [2.24, 2.45) is 0 Å². The van der Waals surface area contributed by atoms with Crippen molar-refractivity contribution in [2.75, 3.05) is 14.2 Å². The molecule has 0 unspecified atom stereocenters. The third-order valence-electron chi connectivity index (χ3n) is 4.37. The maximum atomic E-state index is 12.6. The summed E-state index contributed by atoms with van der Waals surface area (Å²) in [6.45, 7) is 0. The third-order valence-corrected chi connectivity index (χ3v) is 5.34. The molecule has 7 heteroatoms. The predicted octanol–water partition coefficient (Wildman–Crippen LogP) is 3.55. The summed E-state index contributed by atoms with van der Waals surface area (Å²) in [5, 5.41) is 4.31. The van der Waals surface area contributed by atoms with Crippen molar-refractivity contribution in [3.8, 4) is 11.5 Å². The second-order valence-corrected chi connectivity index (χ2v) is 7.33. The van der Waals surface area contributed by atoms with Gasteiger partial charge in [-0.05, 0) is 35.4 Å². The molecule has 150 valence electrons. The van der Waals surface area contributed by atoms with Gasteiger partial charge in [-0.3, -0.25) is 4.79 Å². The minimum Gasteiger partial charge on any atom is -0.493 e. The van der Waals surface area contributed by atoms with Gasteiger partial charge in [0.2, 0.25) is 4.96 Å². The first-order valence-electron chi connectivity index (χ1n) is 9.21. The molecule has 30 heavy (non-hydrogen) atoms. The summed E-state index contributed by atoms with van der Waals surface area (Å²) in [6.07, 6.45) is 9.22. The van der Waals surface area contributed by atoms with Crippen LogP contribution in [-0.2, 0) is 0 Å². The Bertz CT molecular complexity index is 1340. The molecule has 0 aliphatic rings. The molecule has 0 atom stereocenters. The fourth-order valence-corrected chi connectivity index (χ4v) is 3.74. The van der Waals surface area contributed by atoms with Gasteiger partial charge in [0.05, 0.1) is 18.8 Å². The highest BCUT2D eigenvalue weighted by molar-refractivity contribution is 7.15. The number of allylic oxidation sites excluding steroid dienone is 1. The zero-order valence-electron chi connectivity index (χ0n) is 16.5. The molecule has 0 saturated carbocycles. The number of aromatic nitrogens is 3. The molecule has 0 radical (unpaired) electrons. The van der Waals surface area contributed by atoms with Gasteiger partial charge in [-0.15, -0.1) is 5.10 Å². The Labute approximate surface area is 177 Å². The fraction of sp³-hybridized carbons (Fsp3) is 0.0870. The molecule has 2 aromatic carbocycles. The highest BCUT2D eigenvalue weighted by Gasteiger charge is 2.08. The molecule has 0 fully saturated rings. The highest BCUT2D eigenvalue weighted by Crippen LogP contribution is 2.28. The van der Waals surface area contributed by atoms with Crippen molar-refractivity contribution in [1.82, 2.24) is 14.6 Å². The fourth-order valence-electron chi connectivity index (χ4n) is 2.87. The monoisotopic (exact) mass is 417 g/mol. The van der Waals surface area contributed by atoms with E-state index < -0.39 is 0 Å². The number of hydrogen-bond donors (Lipinski definition) is 0. The van der Waals surface area contributed by atoms with Gasteiger partial charge >= 0.3 is 0 Å². The molecule has 0 amide bonds. The van der Waals surface area contributed by atoms with E-state index in [9.17, 15) is 4.79 Å². The van der Waals surface area contributed by atoms with Crippen LogP contribution in [0.25, 0.3) is 29.3 Å². The topological polar surface area (TPSA) is 65.7 Å². The molecule has 4 aromatic rings. The van der Waals surface area contributed by atoms with Gasteiger partial charge in [-0.1, -0.05) is 66.0 Å². The van der Waals surface area contributed by atoms with E-state index in [1.54, 1.807) is 26.4 Å². The van der Waals surface area contributed by atoms with Crippen LogP contribution >= 0.6 is 11.3 Å². The lowest BCUT2D eigenvalue weighted by atomic mass is 10.2. The van der Waals surface area contributed by atoms with E-state index in [1.807, 2.05) is 66.8 Å². The zero-order chi connectivity index (χ0) is 20.9. The Hall–Kier alpha value is -3.71. The first kappa shape index (κ1) is 19.6. The van der Waals surface area contributed by atoms with E-state index >= 15 is 0 Å². The Morgan fingerprint density at radius 2 is 1.73 bits per heavy atom. The predicted molar refractivity (Wildman–Crippen MR) is 121 cm³/mol. The highest BCUT2D eigenvalue weighted by atomic mass is 32.1. The second-order valence-electron chi connectivity index (χ2n) is 6.32. The summed E-state index contributed by atoms with van der Waals surface area (Å²) in [6, 6.07) is 15.5. The Morgan fingerprint density at radius 1 is 0.933 bits per heavy atom. The minimum absolute atomic E-state index is 0.175. The molecule has 6 nitrogen and oxygen atoms in total. The summed E-state index contributed by atoms with van der Waals surface area (Å²) in [7, 11) is 3.19. The minimum atomic E-state index is -0.175. The molecule has 0 bridgehead atoms. The summed E-state index contributed by atoms with van der Waals surface area (Å²) in [5.41, 5.74) is 1.81. The normalized spacial score (nSPS) is 12.4. The van der Waals surface area contributed by atoms with Crippen molar-refractivity contribution in [3.05, 3.63) is 86.4 Å². The molecular weight excluding hydrogens is 398 g/mol. The second kappa shape index (κ2) is 8.75. The average molecular weight is 417 g/mol. The molecule has 2 heterocycles. The number of ether oxygens (including phenoxy) is 2. The lowest BCUT2D eigenvalue weighted by molar-refractivity contribution is 0.355. The summed E-state index contributed by atoms with van der Waals surface area (Å²) in [4.78, 5) is 17.6. The molecule has 0 aliphatic heterocycles. The van der Waals surface area contributed by atoms with E-state index in [0.29, 0.717) is 26.8 Å². The Kier molecular flexibility index (Phi) is 5.72. The van der Waals surface area contributed by atoms with Gasteiger partial charge in [0, 0.05) is 0 Å². The maximum absolute atomic E-state index is 12.6. The van der Waals surface area contributed by atoms with Crippen molar-refractivity contribution in [2.45, 2.75) is 0 Å². The molecular formula is C23H19N3O3S. The van der Waals surface area contributed by atoms with Crippen molar-refractivity contribution >= 4 is 40.6 Å². The number of methoxy groups -OCH3 is 2. The van der Waals surface area contributed by atoms with Crippen LogP contribution in [0.1, 0.15) is 17.0 Å². The molecule has 0 saturated heterocycles. The van der Waals surface area contributed by atoms with Crippen LogP contribution in [-0.4, -0.2) is 28.8 Å². The van der Waals surface area contributed by atoms with Crippen LogP contribution in [0.15, 0.2) is 59.4 Å². The zero-order valence-corrected chi connectivity index (χ0v) is 17.3. The lowest BCUT2D eigenvalue weighted by Crippen LogP contribution is -2.23. The molecule has 2 aromatic heterocycles. The first-order valence-corrected chi connectivity index (χ1v) is 10.0. The van der Waals surface area contributed by atoms with Crippen molar-refractivity contribution in [1.29, 1.82) is 0 Å². The molecule has 0 spiro atoms. The van der Waals surface area contributed by atoms with Crippen LogP contribution in [0.2, 0.25) is 0 Å². The number of rotatable bonds is 6. The number of benzene rings is 2. The van der Waals surface area contributed by atoms with Gasteiger partial charge in [0.25, 0.3) is 5.56 Å². The largest absolute Gasteiger partial charge is 0.493 e. The van der Waals surface area contributed by atoms with E-state index in [0.717, 1.165) is 11.1 Å². The van der Waals surface area contributed by atoms with Crippen LogP contribution < -0.4 is 19.6 Å². The summed E-state index contributed by atoms with van der Waals surface area (Å²) in [5.74, 6) is 1.78. The molecule has 4 rings (SSSR count). The van der Waals surface area contributed by atoms with E-state index in [2.05, 4.69) is 10.1 Å². The molecule has 0 aliphatic carbocycles. The van der Waals surface area contributed by atoms with Crippen molar-refractivity contribution < 1.29 is 9.47 Å². The third kappa shape index (κ3) is 4.16. The van der Waals surface area contributed by atoms with Gasteiger partial charge < -0.3 is 9.47 Å². The SMILES string of the molecule is COc1ccc(/C=C/c2nc3s/c(=C\C=C\c4ccccc4)c(=O)n3n2)cc1OC. The lowest BCUT2D eigenvalue weighted by Gasteiger charge is -2.07. The quantitative estimate of drug-likeness (QED) is 0.480. The molecule has 0 N–H and O–H groups in total. The Morgan fingerprint density at radius 3 is 2.47 bits per heavy atom. The summed E-state index contributed by atoms with van der Waals surface area (Å²) >= 11 is 1.31. The van der Waals surface area contributed by atoms with Crippen LogP contribution in [0.3, 0.4) is 0 Å². The first-order chi connectivity index (χ1) is 14.7. The summed E-state index contributed by atoms with van der Waals surface area (Å²) < 4.78 is 12.5. The van der Waals surface area contributed by atoms with Crippen LogP contribution in [0.5, 0.6) is 11.5 Å². The number of fused-ring (bicyclic) bond motifs is 1. The van der Waals surface area contributed by atoms with E-state index in [-0.39, 0.29) is 5.56 Å². The number of hydrogen-bond acceptors (Lipinski definition) is 6. The van der Waals surface area contributed by atoms with E-state index in [4.69, 9.17) is 9.47 Å². The van der Waals surface area contributed by atoms with Gasteiger partial charge in [0.1, 0.15) is 0 Å². The maximum Gasteiger partial charge on any atom is 0.291 e. The van der Waals surface area contributed by atoms with Crippen LogP contribution in [0.4, 0.5) is 0 Å².